The van der Waals surface area contributed by atoms with Crippen LogP contribution in [0, 0.1) is 5.82 Å². The van der Waals surface area contributed by atoms with E-state index >= 15 is 0 Å². The maximum atomic E-state index is 14.8. The van der Waals surface area contributed by atoms with Crippen LogP contribution in [0.4, 0.5) is 4.39 Å². The molecule has 3 aromatic carbocycles. The van der Waals surface area contributed by atoms with Gasteiger partial charge in [-0.05, 0) is 55.8 Å². The number of hydrazone groups is 1. The van der Waals surface area contributed by atoms with Gasteiger partial charge in [-0.15, -0.1) is 0 Å². The van der Waals surface area contributed by atoms with E-state index in [1.54, 1.807) is 6.92 Å². The minimum absolute atomic E-state index is 0.0507. The van der Waals surface area contributed by atoms with E-state index in [0.29, 0.717) is 19.7 Å². The second kappa shape index (κ2) is 16.5. The number of fused-ring (bicyclic) bond motifs is 3. The first-order valence-electron chi connectivity index (χ1n) is 20.0. The smallest absolute Gasteiger partial charge is 0.271 e. The SMILES string of the molecule is COc1cccc2c1C(=O)c1c(O)c3c(c(O)c1C2=O)C[C@@](O)(/C(CO)=N/NC(=O)c1cc(F)cc(C2C(=O)C=CC2=O)c1)C[C@@H]3O[C@H]1CC(N2CCO[C@H](C)C2)[C@H](O)[C@H](C)O1. The van der Waals surface area contributed by atoms with Gasteiger partial charge in [0.2, 0.25) is 5.78 Å². The molecule has 62 heavy (non-hydrogen) atoms. The molecule has 2 fully saturated rings. The number of carbonyl (C=O) groups excluding carboxylic acids is 5. The molecular weight excluding hydrogens is 813 g/mol. The number of amides is 1. The van der Waals surface area contributed by atoms with Crippen molar-refractivity contribution in [3.63, 3.8) is 0 Å². The fraction of sp³-hybridized carbons (Fsp3) is 0.409. The number of morpholine rings is 1. The minimum Gasteiger partial charge on any atom is -0.507 e. The number of aromatic hydroxyl groups is 2. The summed E-state index contributed by atoms with van der Waals surface area (Å²) in [6.45, 7) is 3.98. The summed E-state index contributed by atoms with van der Waals surface area (Å²) >= 11 is 0. The lowest BCUT2D eigenvalue weighted by molar-refractivity contribution is -0.260. The number of nitrogens with one attached hydrogen (secondary N) is 1. The summed E-state index contributed by atoms with van der Waals surface area (Å²) in [5.41, 5.74) is -2.78. The molecule has 2 heterocycles. The van der Waals surface area contributed by atoms with Crippen molar-refractivity contribution >= 4 is 34.8 Å². The number of phenols is 2. The Bertz CT molecular complexity index is 2450. The Morgan fingerprint density at radius 1 is 1.03 bits per heavy atom. The summed E-state index contributed by atoms with van der Waals surface area (Å²) in [4.78, 5) is 68.4. The molecule has 0 spiro atoms. The lowest BCUT2D eigenvalue weighted by Crippen LogP contribution is -2.59. The van der Waals surface area contributed by atoms with Gasteiger partial charge in [-0.3, -0.25) is 28.9 Å². The van der Waals surface area contributed by atoms with Crippen LogP contribution in [-0.4, -0.2) is 135 Å². The first-order valence-corrected chi connectivity index (χ1v) is 20.0. The third kappa shape index (κ3) is 7.40. The standard InChI is InChI=1S/C44H44FN3O14/c1-19-17-48(9-10-60-19)26-14-32(61-20(2)38(26)52)62-30-16-44(58,31(18-49)46-47-43(57)22-11-21(12-23(45)13-22)33-27(50)7-8-28(33)51)15-25-35(30)42(56)37-36(40(25)54)39(53)24-5-4-6-29(59-3)34(24)41(37)55/h4-8,11-13,19-20,26,30,32-33,38,49,52,54,56,58H,9-10,14-18H2,1-3H3,(H,47,57)/b46-31+/t19-,20+,26?,30+,32+,38-,44+/m1/s1. The topological polar surface area (TPSA) is 251 Å². The third-order valence-corrected chi connectivity index (χ3v) is 12.3. The number of phenolic OH excluding ortho intramolecular Hbond substituents is 2. The van der Waals surface area contributed by atoms with E-state index in [2.05, 4.69) is 15.4 Å². The zero-order valence-corrected chi connectivity index (χ0v) is 33.8. The number of carbonyl (C=O) groups is 5. The quantitative estimate of drug-likeness (QED) is 0.0609. The minimum atomic E-state index is -2.32. The van der Waals surface area contributed by atoms with E-state index < -0.39 is 125 Å². The Hall–Kier alpha value is -5.73. The van der Waals surface area contributed by atoms with Gasteiger partial charge >= 0.3 is 0 Å². The van der Waals surface area contributed by atoms with Gasteiger partial charge in [0.25, 0.3) is 5.91 Å². The zero-order valence-electron chi connectivity index (χ0n) is 33.8. The molecular formula is C44H44FN3O14. The summed E-state index contributed by atoms with van der Waals surface area (Å²) in [7, 11) is 1.31. The first kappa shape index (κ1) is 42.9. The summed E-state index contributed by atoms with van der Waals surface area (Å²) in [5, 5.41) is 62.5. The van der Waals surface area contributed by atoms with Crippen LogP contribution in [0.1, 0.15) is 97.6 Å². The van der Waals surface area contributed by atoms with Gasteiger partial charge < -0.3 is 44.5 Å². The molecule has 0 radical (unpaired) electrons. The van der Waals surface area contributed by atoms with Crippen LogP contribution < -0.4 is 10.2 Å². The number of rotatable bonds is 9. The van der Waals surface area contributed by atoms with E-state index in [1.807, 2.05) is 6.92 Å². The largest absolute Gasteiger partial charge is 0.507 e. The number of ether oxygens (including phenoxy) is 4. The molecule has 3 aromatic rings. The Morgan fingerprint density at radius 2 is 1.76 bits per heavy atom. The van der Waals surface area contributed by atoms with Gasteiger partial charge in [0.1, 0.15) is 34.6 Å². The molecule has 1 unspecified atom stereocenters. The Balaban J connectivity index is 1.18. The average molecular weight is 858 g/mol. The van der Waals surface area contributed by atoms with Crippen molar-refractivity contribution in [2.24, 2.45) is 5.10 Å². The highest BCUT2D eigenvalue weighted by Crippen LogP contribution is 2.53. The average Bonchev–Trinajstić information content (AvgIpc) is 3.58. The van der Waals surface area contributed by atoms with Gasteiger partial charge in [-0.1, -0.05) is 12.1 Å². The molecule has 0 aromatic heterocycles. The van der Waals surface area contributed by atoms with Crippen molar-refractivity contribution in [1.82, 2.24) is 10.3 Å². The molecule has 18 heteroatoms. The van der Waals surface area contributed by atoms with E-state index in [1.165, 1.54) is 25.3 Å². The molecule has 0 saturated carbocycles. The van der Waals surface area contributed by atoms with E-state index in [9.17, 15) is 53.9 Å². The van der Waals surface area contributed by atoms with Crippen LogP contribution in [0.5, 0.6) is 17.2 Å². The third-order valence-electron chi connectivity index (χ3n) is 12.3. The van der Waals surface area contributed by atoms with Crippen molar-refractivity contribution in [2.75, 3.05) is 33.4 Å². The molecule has 0 bridgehead atoms. The van der Waals surface area contributed by atoms with E-state index in [0.717, 1.165) is 30.4 Å². The predicted molar refractivity (Wildman–Crippen MR) is 213 cm³/mol. The van der Waals surface area contributed by atoms with Crippen LogP contribution in [-0.2, 0) is 30.2 Å². The second-order valence-corrected chi connectivity index (χ2v) is 16.2. The van der Waals surface area contributed by atoms with Crippen LogP contribution >= 0.6 is 0 Å². The number of benzene rings is 3. The maximum absolute atomic E-state index is 14.8. The number of aliphatic hydroxyl groups excluding tert-OH is 2. The molecule has 5 aliphatic rings. The number of nitrogens with zero attached hydrogens (tertiary/aromatic N) is 2. The lowest BCUT2D eigenvalue weighted by atomic mass is 9.71. The fourth-order valence-corrected chi connectivity index (χ4v) is 9.27. The number of hydrogen-bond donors (Lipinski definition) is 6. The van der Waals surface area contributed by atoms with Crippen molar-refractivity contribution in [1.29, 1.82) is 0 Å². The molecule has 2 saturated heterocycles. The van der Waals surface area contributed by atoms with Gasteiger partial charge in [0.15, 0.2) is 23.6 Å². The first-order chi connectivity index (χ1) is 29.5. The normalized spacial score (nSPS) is 27.8. The van der Waals surface area contributed by atoms with Crippen molar-refractivity contribution < 1.29 is 72.8 Å². The van der Waals surface area contributed by atoms with Crippen molar-refractivity contribution in [3.05, 3.63) is 98.9 Å². The van der Waals surface area contributed by atoms with Crippen LogP contribution in [0.15, 0.2) is 53.7 Å². The highest BCUT2D eigenvalue weighted by Gasteiger charge is 2.50. The summed E-state index contributed by atoms with van der Waals surface area (Å²) in [6, 6.07) is 6.74. The van der Waals surface area contributed by atoms with Gasteiger partial charge in [0, 0.05) is 60.6 Å². The number of ketones is 4. The van der Waals surface area contributed by atoms with Gasteiger partial charge in [0.05, 0.1) is 67.1 Å². The highest BCUT2D eigenvalue weighted by atomic mass is 19.1. The Morgan fingerprint density at radius 3 is 2.45 bits per heavy atom. The number of hydrogen-bond acceptors (Lipinski definition) is 16. The molecule has 3 aliphatic carbocycles. The second-order valence-electron chi connectivity index (χ2n) is 16.2. The maximum Gasteiger partial charge on any atom is 0.271 e. The molecule has 17 nitrogen and oxygen atoms in total. The summed E-state index contributed by atoms with van der Waals surface area (Å²) in [5.74, 6) is -7.59. The number of allylic oxidation sites excluding steroid dienone is 2. The van der Waals surface area contributed by atoms with E-state index in [4.69, 9.17) is 18.9 Å². The number of aliphatic hydroxyl groups is 3. The zero-order chi connectivity index (χ0) is 44.4. The molecule has 7 atom stereocenters. The molecule has 326 valence electrons. The fourth-order valence-electron chi connectivity index (χ4n) is 9.27. The Labute approximate surface area is 353 Å². The molecule has 8 rings (SSSR count). The van der Waals surface area contributed by atoms with Crippen LogP contribution in [0.25, 0.3) is 0 Å². The van der Waals surface area contributed by atoms with Crippen molar-refractivity contribution in [3.8, 4) is 17.2 Å². The number of halogens is 1. The van der Waals surface area contributed by atoms with Gasteiger partial charge in [-0.25, -0.2) is 9.82 Å². The van der Waals surface area contributed by atoms with Crippen LogP contribution in [0.2, 0.25) is 0 Å². The van der Waals surface area contributed by atoms with E-state index in [-0.39, 0.29) is 51.7 Å². The predicted octanol–water partition coefficient (Wildman–Crippen LogP) is 1.91. The molecule has 6 N–H and O–H groups in total. The van der Waals surface area contributed by atoms with Crippen LogP contribution in [0.3, 0.4) is 0 Å². The highest BCUT2D eigenvalue weighted by molar-refractivity contribution is 6.31. The number of methoxy groups -OCH3 is 1. The summed E-state index contributed by atoms with van der Waals surface area (Å²) in [6.07, 6.45) is -3.42. The summed E-state index contributed by atoms with van der Waals surface area (Å²) < 4.78 is 38.5. The van der Waals surface area contributed by atoms with Gasteiger partial charge in [-0.2, -0.15) is 5.10 Å². The molecule has 1 amide bonds. The molecule has 2 aliphatic heterocycles. The van der Waals surface area contributed by atoms with Crippen molar-refractivity contribution in [2.45, 2.75) is 81.4 Å². The Kier molecular flexibility index (Phi) is 11.4. The monoisotopic (exact) mass is 857 g/mol. The lowest BCUT2D eigenvalue weighted by Gasteiger charge is -2.47.